The number of nitrogen functional groups attached to an aromatic ring is 1. The molecule has 108 valence electrons. The summed E-state index contributed by atoms with van der Waals surface area (Å²) in [5, 5.41) is 3.98. The summed E-state index contributed by atoms with van der Waals surface area (Å²) in [7, 11) is -3.55. The minimum atomic E-state index is -3.55. The molecule has 1 aromatic heterocycles. The summed E-state index contributed by atoms with van der Waals surface area (Å²) in [6, 6.07) is 0.0249. The van der Waals surface area contributed by atoms with Crippen LogP contribution in [0.2, 0.25) is 0 Å². The number of hydrogen-bond acceptors (Lipinski definition) is 4. The molecule has 1 aliphatic carbocycles. The quantitative estimate of drug-likeness (QED) is 0.820. The van der Waals surface area contributed by atoms with Gasteiger partial charge in [0.1, 0.15) is 10.7 Å². The highest BCUT2D eigenvalue weighted by atomic mass is 32.2. The maximum Gasteiger partial charge on any atom is 0.246 e. The van der Waals surface area contributed by atoms with E-state index in [2.05, 4.69) is 9.82 Å². The molecule has 0 aliphatic heterocycles. The van der Waals surface area contributed by atoms with Crippen molar-refractivity contribution < 1.29 is 8.42 Å². The van der Waals surface area contributed by atoms with Gasteiger partial charge in [0.05, 0.1) is 6.20 Å². The molecule has 2 rings (SSSR count). The molecule has 1 heterocycles. The summed E-state index contributed by atoms with van der Waals surface area (Å²) in [5.74, 6) is 0.212. The van der Waals surface area contributed by atoms with Crippen LogP contribution in [0.25, 0.3) is 0 Å². The Hall–Kier alpha value is -1.08. The lowest BCUT2D eigenvalue weighted by Crippen LogP contribution is -2.34. The van der Waals surface area contributed by atoms with Gasteiger partial charge in [-0.2, -0.15) is 5.10 Å². The van der Waals surface area contributed by atoms with Crippen LogP contribution in [0.3, 0.4) is 0 Å². The zero-order chi connectivity index (χ0) is 13.9. The van der Waals surface area contributed by atoms with Crippen LogP contribution in [0, 0.1) is 0 Å². The SMILES string of the molecule is CCn1ncc(S(=O)(=O)NC2CCCCCC2)c1N. The summed E-state index contributed by atoms with van der Waals surface area (Å²) in [6.45, 7) is 2.43. The van der Waals surface area contributed by atoms with E-state index in [0.29, 0.717) is 6.54 Å². The zero-order valence-electron chi connectivity index (χ0n) is 11.3. The molecule has 1 aromatic rings. The summed E-state index contributed by atoms with van der Waals surface area (Å²) in [5.41, 5.74) is 5.82. The molecular weight excluding hydrogens is 264 g/mol. The number of nitrogens with zero attached hydrogens (tertiary/aromatic N) is 2. The molecule has 19 heavy (non-hydrogen) atoms. The molecule has 1 fully saturated rings. The van der Waals surface area contributed by atoms with Crippen LogP contribution in [0.1, 0.15) is 45.4 Å². The van der Waals surface area contributed by atoms with E-state index in [1.807, 2.05) is 6.92 Å². The van der Waals surface area contributed by atoms with E-state index in [4.69, 9.17) is 5.73 Å². The molecule has 6 nitrogen and oxygen atoms in total. The maximum absolute atomic E-state index is 12.3. The fourth-order valence-electron chi connectivity index (χ4n) is 2.52. The molecule has 0 spiro atoms. The van der Waals surface area contributed by atoms with Crippen LogP contribution < -0.4 is 10.5 Å². The third-order valence-corrected chi connectivity index (χ3v) is 5.15. The van der Waals surface area contributed by atoms with Crippen molar-refractivity contribution in [1.29, 1.82) is 0 Å². The summed E-state index contributed by atoms with van der Waals surface area (Å²) >= 11 is 0. The van der Waals surface area contributed by atoms with E-state index in [0.717, 1.165) is 25.7 Å². The van der Waals surface area contributed by atoms with E-state index in [1.54, 1.807) is 0 Å². The average molecular weight is 286 g/mol. The van der Waals surface area contributed by atoms with E-state index in [-0.39, 0.29) is 16.8 Å². The number of aryl methyl sites for hydroxylation is 1. The van der Waals surface area contributed by atoms with Crippen molar-refractivity contribution in [3.8, 4) is 0 Å². The molecule has 0 unspecified atom stereocenters. The molecule has 0 aromatic carbocycles. The Morgan fingerprint density at radius 1 is 1.37 bits per heavy atom. The molecule has 7 heteroatoms. The van der Waals surface area contributed by atoms with E-state index < -0.39 is 10.0 Å². The molecule has 3 N–H and O–H groups in total. The first-order valence-corrected chi connectivity index (χ1v) is 8.36. The van der Waals surface area contributed by atoms with Crippen LogP contribution in [-0.2, 0) is 16.6 Å². The van der Waals surface area contributed by atoms with Gasteiger partial charge in [0.15, 0.2) is 0 Å². The second kappa shape index (κ2) is 5.92. The summed E-state index contributed by atoms with van der Waals surface area (Å²) < 4.78 is 28.9. The van der Waals surface area contributed by atoms with Gasteiger partial charge < -0.3 is 5.73 Å². The molecular formula is C12H22N4O2S. The van der Waals surface area contributed by atoms with Crippen LogP contribution in [0.5, 0.6) is 0 Å². The Balaban J connectivity index is 2.14. The number of aromatic nitrogens is 2. The number of anilines is 1. The van der Waals surface area contributed by atoms with Crippen molar-refractivity contribution in [3.63, 3.8) is 0 Å². The van der Waals surface area contributed by atoms with Gasteiger partial charge in [0.2, 0.25) is 10.0 Å². The van der Waals surface area contributed by atoms with E-state index in [9.17, 15) is 8.42 Å². The Morgan fingerprint density at radius 2 is 2.00 bits per heavy atom. The van der Waals surface area contributed by atoms with Gasteiger partial charge in [-0.1, -0.05) is 25.7 Å². The monoisotopic (exact) mass is 286 g/mol. The van der Waals surface area contributed by atoms with Gasteiger partial charge in [-0.3, -0.25) is 0 Å². The fraction of sp³-hybridized carbons (Fsp3) is 0.750. The number of hydrogen-bond donors (Lipinski definition) is 2. The molecule has 0 saturated heterocycles. The predicted molar refractivity (Wildman–Crippen MR) is 74.1 cm³/mol. The second-order valence-electron chi connectivity index (χ2n) is 5.02. The summed E-state index contributed by atoms with van der Waals surface area (Å²) in [4.78, 5) is 0.0959. The van der Waals surface area contributed by atoms with E-state index >= 15 is 0 Å². The zero-order valence-corrected chi connectivity index (χ0v) is 12.1. The fourth-order valence-corrected chi connectivity index (χ4v) is 3.88. The number of nitrogens with two attached hydrogens (primary N) is 1. The molecule has 1 aliphatic rings. The maximum atomic E-state index is 12.3. The molecule has 0 atom stereocenters. The van der Waals surface area contributed by atoms with Crippen LogP contribution in [0.4, 0.5) is 5.82 Å². The van der Waals surface area contributed by atoms with Crippen molar-refractivity contribution in [3.05, 3.63) is 6.20 Å². The minimum Gasteiger partial charge on any atom is -0.383 e. The van der Waals surface area contributed by atoms with E-state index in [1.165, 1.54) is 23.7 Å². The molecule has 1 saturated carbocycles. The second-order valence-corrected chi connectivity index (χ2v) is 6.70. The Bertz CT molecular complexity index is 516. The Morgan fingerprint density at radius 3 is 2.53 bits per heavy atom. The van der Waals surface area contributed by atoms with Crippen molar-refractivity contribution >= 4 is 15.8 Å². The highest BCUT2D eigenvalue weighted by Gasteiger charge is 2.25. The van der Waals surface area contributed by atoms with Crippen molar-refractivity contribution in [1.82, 2.24) is 14.5 Å². The van der Waals surface area contributed by atoms with Gasteiger partial charge in [-0.25, -0.2) is 17.8 Å². The van der Waals surface area contributed by atoms with Crippen LogP contribution in [-0.4, -0.2) is 24.2 Å². The Labute approximate surface area is 114 Å². The lowest BCUT2D eigenvalue weighted by atomic mass is 10.1. The lowest BCUT2D eigenvalue weighted by molar-refractivity contribution is 0.510. The van der Waals surface area contributed by atoms with Crippen molar-refractivity contribution in [2.24, 2.45) is 0 Å². The van der Waals surface area contributed by atoms with Crippen LogP contribution in [0.15, 0.2) is 11.1 Å². The molecule has 0 amide bonds. The predicted octanol–water partition coefficient (Wildman–Crippen LogP) is 1.49. The van der Waals surface area contributed by atoms with Crippen molar-refractivity contribution in [2.75, 3.05) is 5.73 Å². The number of nitrogens with one attached hydrogen (secondary N) is 1. The lowest BCUT2D eigenvalue weighted by Gasteiger charge is -2.15. The standard InChI is InChI=1S/C12H22N4O2S/c1-2-16-12(13)11(9-14-16)19(17,18)15-10-7-5-3-4-6-8-10/h9-10,15H,2-8,13H2,1H3. The van der Waals surface area contributed by atoms with Crippen LogP contribution >= 0.6 is 0 Å². The largest absolute Gasteiger partial charge is 0.383 e. The van der Waals surface area contributed by atoms with Gasteiger partial charge in [0.25, 0.3) is 0 Å². The highest BCUT2D eigenvalue weighted by molar-refractivity contribution is 7.89. The van der Waals surface area contributed by atoms with Gasteiger partial charge >= 0.3 is 0 Å². The highest BCUT2D eigenvalue weighted by Crippen LogP contribution is 2.22. The minimum absolute atomic E-state index is 0.0249. The molecule has 0 radical (unpaired) electrons. The first kappa shape index (κ1) is 14.3. The van der Waals surface area contributed by atoms with Gasteiger partial charge in [-0.05, 0) is 19.8 Å². The topological polar surface area (TPSA) is 90.0 Å². The smallest absolute Gasteiger partial charge is 0.246 e. The normalized spacial score (nSPS) is 18.4. The number of rotatable bonds is 4. The number of sulfonamides is 1. The Kier molecular flexibility index (Phi) is 4.46. The molecule has 0 bridgehead atoms. The first-order chi connectivity index (χ1) is 9.04. The van der Waals surface area contributed by atoms with Gasteiger partial charge in [-0.15, -0.1) is 0 Å². The van der Waals surface area contributed by atoms with Gasteiger partial charge in [0, 0.05) is 12.6 Å². The third kappa shape index (κ3) is 3.27. The summed E-state index contributed by atoms with van der Waals surface area (Å²) in [6.07, 6.45) is 7.68. The van der Waals surface area contributed by atoms with Crippen molar-refractivity contribution in [2.45, 2.75) is 62.9 Å². The average Bonchev–Trinajstić information content (AvgIpc) is 2.58. The first-order valence-electron chi connectivity index (χ1n) is 6.88. The third-order valence-electron chi connectivity index (χ3n) is 3.61.